The van der Waals surface area contributed by atoms with Gasteiger partial charge in [-0.1, -0.05) is 11.6 Å². The van der Waals surface area contributed by atoms with Gasteiger partial charge in [0, 0.05) is 18.8 Å². The van der Waals surface area contributed by atoms with E-state index in [0.29, 0.717) is 32.1 Å². The smallest absolute Gasteiger partial charge is 0.172 e. The summed E-state index contributed by atoms with van der Waals surface area (Å²) >= 11 is 6.17. The molecule has 12 heteroatoms. The molecule has 2 heterocycles. The molecule has 0 radical (unpaired) electrons. The van der Waals surface area contributed by atoms with Crippen molar-refractivity contribution in [3.63, 3.8) is 0 Å². The molecule has 4 rings (SSSR count). The molecule has 0 unspecified atom stereocenters. The molecule has 1 saturated carbocycles. The first-order valence-electron chi connectivity index (χ1n) is 13.1. The predicted octanol–water partition coefficient (Wildman–Crippen LogP) is 5.50. The number of fused-ring (bicyclic) bond motifs is 1. The van der Waals surface area contributed by atoms with Gasteiger partial charge in [0.05, 0.1) is 43.1 Å². The Hall–Kier alpha value is -2.65. The van der Waals surface area contributed by atoms with Crippen molar-refractivity contribution in [2.24, 2.45) is 0 Å². The van der Waals surface area contributed by atoms with Crippen molar-refractivity contribution in [2.45, 2.75) is 59.5 Å². The van der Waals surface area contributed by atoms with E-state index in [1.807, 2.05) is 26.0 Å². The number of aryl methyl sites for hydroxylation is 1. The van der Waals surface area contributed by atoms with Crippen LogP contribution in [0.1, 0.15) is 58.0 Å². The Morgan fingerprint density at radius 1 is 1.08 bits per heavy atom. The van der Waals surface area contributed by atoms with Crippen molar-refractivity contribution in [2.75, 3.05) is 37.4 Å². The van der Waals surface area contributed by atoms with Gasteiger partial charge in [-0.3, -0.25) is 0 Å². The van der Waals surface area contributed by atoms with E-state index in [9.17, 15) is 0 Å². The first-order valence-corrected chi connectivity index (χ1v) is 14.9. The molecule has 0 atom stereocenters. The first kappa shape index (κ1) is 28.4. The van der Waals surface area contributed by atoms with E-state index in [-0.39, 0.29) is 16.8 Å². The largest absolute Gasteiger partial charge is 0.494 e. The number of nitrogens with one attached hydrogen (secondary N) is 1. The summed E-state index contributed by atoms with van der Waals surface area (Å²) in [6, 6.07) is 6.02. The minimum atomic E-state index is -0.843. The number of nitrogen functional groups attached to an aromatic ring is 2. The molecule has 0 amide bonds. The van der Waals surface area contributed by atoms with Crippen LogP contribution in [0, 0.1) is 0 Å². The van der Waals surface area contributed by atoms with Gasteiger partial charge in [-0.2, -0.15) is 0 Å². The van der Waals surface area contributed by atoms with Crippen molar-refractivity contribution in [3.05, 3.63) is 40.4 Å². The first-order chi connectivity index (χ1) is 18.4. The number of rotatable bonds is 14. The van der Waals surface area contributed by atoms with Crippen LogP contribution >= 0.6 is 20.0 Å². The monoisotopic (exact) mass is 561 g/mol. The second-order valence-corrected chi connectivity index (χ2v) is 10.8. The summed E-state index contributed by atoms with van der Waals surface area (Å²) in [5, 5.41) is 3.67. The van der Waals surface area contributed by atoms with Crippen LogP contribution < -0.4 is 21.5 Å². The molecule has 0 spiro atoms. The Kier molecular flexibility index (Phi) is 10.0. The fraction of sp³-hybridized carbons (Fsp3) is 0.500. The summed E-state index contributed by atoms with van der Waals surface area (Å²) in [6.07, 6.45) is 4.81. The Bertz CT molecular complexity index is 1270. The molecule has 1 aliphatic rings. The molecular formula is C26H37ClN7O3P. The molecule has 0 bridgehead atoms. The number of hydrogen-bond acceptors (Lipinski definition) is 9. The van der Waals surface area contributed by atoms with Gasteiger partial charge in [-0.05, 0) is 64.2 Å². The highest BCUT2D eigenvalue weighted by Gasteiger charge is 2.22. The van der Waals surface area contributed by atoms with Gasteiger partial charge in [-0.25, -0.2) is 15.0 Å². The number of imidazole rings is 1. The SMILES string of the molecule is CCOP(CCCOc1ccc2nc(CNC(=C3CCC3)c3nc(Cl)c(N)nc3N)n(CC)c2c1)OCC. The standard InChI is InChI=1S/C26H37ClN7O3P/c1-4-34-20-15-18(35-13-8-14-38(36-5-2)37-6-3)11-12-19(20)31-21(34)16-30-22(17-9-7-10-17)23-25(28)33-26(29)24(27)32-23/h11-12,15,30H,4-10,13-14,16H2,1-3H3,(H4,28,29,33). The highest BCUT2D eigenvalue weighted by molar-refractivity contribution is 7.47. The lowest BCUT2D eigenvalue weighted by Crippen LogP contribution is -2.21. The van der Waals surface area contributed by atoms with E-state index in [4.69, 9.17) is 41.8 Å². The van der Waals surface area contributed by atoms with E-state index in [1.165, 1.54) is 5.57 Å². The third-order valence-corrected chi connectivity index (χ3v) is 8.34. The Morgan fingerprint density at radius 2 is 1.84 bits per heavy atom. The molecule has 1 aromatic carbocycles. The number of allylic oxidation sites excluding steroid dienone is 1. The lowest BCUT2D eigenvalue weighted by molar-refractivity contribution is 0.263. The van der Waals surface area contributed by atoms with E-state index >= 15 is 0 Å². The summed E-state index contributed by atoms with van der Waals surface area (Å²) in [6.45, 7) is 9.28. The number of hydrogen-bond donors (Lipinski definition) is 3. The fourth-order valence-corrected chi connectivity index (χ4v) is 5.76. The lowest BCUT2D eigenvalue weighted by atomic mass is 9.89. The number of ether oxygens (including phenoxy) is 1. The zero-order valence-electron chi connectivity index (χ0n) is 22.3. The van der Waals surface area contributed by atoms with Crippen molar-refractivity contribution in [3.8, 4) is 5.75 Å². The summed E-state index contributed by atoms with van der Waals surface area (Å²) in [7, 11) is -0.843. The van der Waals surface area contributed by atoms with Crippen LogP contribution in [0.2, 0.25) is 5.15 Å². The van der Waals surface area contributed by atoms with Gasteiger partial charge in [0.1, 0.15) is 17.3 Å². The van der Waals surface area contributed by atoms with E-state index in [0.717, 1.165) is 66.7 Å². The molecule has 1 aliphatic carbocycles. The number of nitrogens with zero attached hydrogens (tertiary/aromatic N) is 4. The lowest BCUT2D eigenvalue weighted by Gasteiger charge is -2.23. The maximum absolute atomic E-state index is 6.17. The van der Waals surface area contributed by atoms with Gasteiger partial charge >= 0.3 is 0 Å². The summed E-state index contributed by atoms with van der Waals surface area (Å²) in [5.74, 6) is 2.11. The predicted molar refractivity (Wildman–Crippen MR) is 154 cm³/mol. The number of nitrogens with two attached hydrogens (primary N) is 2. The van der Waals surface area contributed by atoms with Gasteiger partial charge in [0.15, 0.2) is 25.2 Å². The Balaban J connectivity index is 1.47. The van der Waals surface area contributed by atoms with Crippen molar-refractivity contribution >= 4 is 48.3 Å². The topological polar surface area (TPSA) is 135 Å². The normalized spacial score (nSPS) is 13.2. The molecule has 2 aromatic heterocycles. The molecule has 1 fully saturated rings. The van der Waals surface area contributed by atoms with Crippen molar-refractivity contribution in [1.82, 2.24) is 24.8 Å². The van der Waals surface area contributed by atoms with Crippen LogP contribution in [0.15, 0.2) is 23.8 Å². The van der Waals surface area contributed by atoms with Crippen LogP contribution in [-0.4, -0.2) is 45.5 Å². The van der Waals surface area contributed by atoms with E-state index < -0.39 is 8.38 Å². The van der Waals surface area contributed by atoms with Gasteiger partial charge in [0.2, 0.25) is 0 Å². The highest BCUT2D eigenvalue weighted by Crippen LogP contribution is 2.38. The second-order valence-electron chi connectivity index (χ2n) is 8.84. The van der Waals surface area contributed by atoms with Crippen molar-refractivity contribution in [1.29, 1.82) is 0 Å². The second kappa shape index (κ2) is 13.4. The van der Waals surface area contributed by atoms with Crippen LogP contribution in [0.4, 0.5) is 11.6 Å². The van der Waals surface area contributed by atoms with Crippen LogP contribution in [0.5, 0.6) is 5.75 Å². The van der Waals surface area contributed by atoms with E-state index in [2.05, 4.69) is 32.8 Å². The van der Waals surface area contributed by atoms with Gasteiger partial charge in [-0.15, -0.1) is 0 Å². The third-order valence-electron chi connectivity index (χ3n) is 6.29. The van der Waals surface area contributed by atoms with Crippen molar-refractivity contribution < 1.29 is 13.8 Å². The van der Waals surface area contributed by atoms with Crippen LogP contribution in [-0.2, 0) is 22.1 Å². The van der Waals surface area contributed by atoms with Gasteiger partial charge in [0.25, 0.3) is 0 Å². The summed E-state index contributed by atoms with van der Waals surface area (Å²) in [4.78, 5) is 13.5. The number of anilines is 2. The van der Waals surface area contributed by atoms with Gasteiger partial charge < -0.3 is 35.1 Å². The fourth-order valence-electron chi connectivity index (χ4n) is 4.34. The molecule has 10 nitrogen and oxygen atoms in total. The quantitative estimate of drug-likeness (QED) is 0.172. The number of halogens is 1. The molecular weight excluding hydrogens is 525 g/mol. The Labute approximate surface area is 230 Å². The average molecular weight is 562 g/mol. The highest BCUT2D eigenvalue weighted by atomic mass is 35.5. The summed E-state index contributed by atoms with van der Waals surface area (Å²) in [5.41, 5.74) is 16.6. The number of benzene rings is 1. The third kappa shape index (κ3) is 6.67. The van der Waals surface area contributed by atoms with Crippen LogP contribution in [0.3, 0.4) is 0 Å². The summed E-state index contributed by atoms with van der Waals surface area (Å²) < 4.78 is 19.6. The molecule has 5 N–H and O–H groups in total. The molecule has 0 saturated heterocycles. The maximum atomic E-state index is 6.17. The minimum Gasteiger partial charge on any atom is -0.494 e. The van der Waals surface area contributed by atoms with Crippen LogP contribution in [0.25, 0.3) is 16.7 Å². The molecule has 3 aromatic rings. The zero-order chi connectivity index (χ0) is 27.1. The average Bonchev–Trinajstić information content (AvgIpc) is 3.22. The minimum absolute atomic E-state index is 0.126. The van der Waals surface area contributed by atoms with E-state index in [1.54, 1.807) is 0 Å². The maximum Gasteiger partial charge on any atom is 0.172 e. The molecule has 206 valence electrons. The Morgan fingerprint density at radius 3 is 2.50 bits per heavy atom. The molecule has 38 heavy (non-hydrogen) atoms. The molecule has 0 aliphatic heterocycles. The zero-order valence-corrected chi connectivity index (χ0v) is 23.9. The number of aromatic nitrogens is 4.